The Bertz CT molecular complexity index is 845. The number of pyridine rings is 1. The van der Waals surface area contributed by atoms with Crippen LogP contribution in [0.4, 0.5) is 5.82 Å². The molecule has 0 saturated carbocycles. The summed E-state index contributed by atoms with van der Waals surface area (Å²) in [6.07, 6.45) is 2.21. The molecule has 8 nitrogen and oxygen atoms in total. The van der Waals surface area contributed by atoms with E-state index >= 15 is 0 Å². The van der Waals surface area contributed by atoms with Gasteiger partial charge in [-0.1, -0.05) is 36.4 Å². The molecule has 1 aliphatic heterocycles. The number of aliphatic hydroxyl groups excluding tert-OH is 1. The van der Waals surface area contributed by atoms with Gasteiger partial charge in [0.1, 0.15) is 5.82 Å². The number of carbonyl (C=O) groups is 1. The Morgan fingerprint density at radius 2 is 1.82 bits per heavy atom. The summed E-state index contributed by atoms with van der Waals surface area (Å²) in [7, 11) is 0. The van der Waals surface area contributed by atoms with E-state index in [2.05, 4.69) is 25.5 Å². The van der Waals surface area contributed by atoms with Crippen molar-refractivity contribution in [3.05, 3.63) is 60.3 Å². The van der Waals surface area contributed by atoms with E-state index in [0.29, 0.717) is 38.6 Å². The molecule has 1 aromatic heterocycles. The second-order valence-electron chi connectivity index (χ2n) is 7.74. The van der Waals surface area contributed by atoms with E-state index in [0.717, 1.165) is 31.0 Å². The zero-order valence-electron chi connectivity index (χ0n) is 19.2. The number of guanidine groups is 1. The number of aromatic nitrogens is 1. The van der Waals surface area contributed by atoms with Gasteiger partial charge < -0.3 is 25.5 Å². The summed E-state index contributed by atoms with van der Waals surface area (Å²) in [5.41, 5.74) is 1.06. The molecule has 0 bridgehead atoms. The zero-order valence-corrected chi connectivity index (χ0v) is 21.5. The number of aliphatic hydroxyl groups is 1. The van der Waals surface area contributed by atoms with Crippen LogP contribution in [0.2, 0.25) is 0 Å². The van der Waals surface area contributed by atoms with E-state index in [1.54, 1.807) is 6.20 Å². The maximum Gasteiger partial charge on any atom is 0.224 e. The van der Waals surface area contributed by atoms with E-state index in [9.17, 15) is 9.90 Å². The van der Waals surface area contributed by atoms with Crippen LogP contribution < -0.4 is 15.5 Å². The molecule has 33 heavy (non-hydrogen) atoms. The zero-order chi connectivity index (χ0) is 22.6. The first-order valence-corrected chi connectivity index (χ1v) is 11.3. The van der Waals surface area contributed by atoms with E-state index in [1.165, 1.54) is 0 Å². The molecule has 3 N–H and O–H groups in total. The predicted octanol–water partition coefficient (Wildman–Crippen LogP) is 2.07. The highest BCUT2D eigenvalue weighted by molar-refractivity contribution is 14.0. The number of amides is 1. The van der Waals surface area contributed by atoms with Crippen LogP contribution in [0.5, 0.6) is 0 Å². The second kappa shape index (κ2) is 14.7. The molecule has 1 aromatic carbocycles. The van der Waals surface area contributed by atoms with Crippen molar-refractivity contribution in [1.29, 1.82) is 0 Å². The maximum atomic E-state index is 12.6. The smallest absolute Gasteiger partial charge is 0.224 e. The summed E-state index contributed by atoms with van der Waals surface area (Å²) in [4.78, 5) is 25.8. The number of anilines is 1. The van der Waals surface area contributed by atoms with Gasteiger partial charge in [0.2, 0.25) is 5.91 Å². The molecule has 180 valence electrons. The SMILES string of the molecule is CCNC(=NCC(CO)c1ccccc1)NCCC(=O)N1CCN(c2ccccn2)CC1.I. The third kappa shape index (κ3) is 8.47. The van der Waals surface area contributed by atoms with Crippen molar-refractivity contribution in [2.75, 3.05) is 57.3 Å². The minimum atomic E-state index is -0.0521. The van der Waals surface area contributed by atoms with E-state index in [4.69, 9.17) is 0 Å². The van der Waals surface area contributed by atoms with Crippen LogP contribution in [0.1, 0.15) is 24.8 Å². The van der Waals surface area contributed by atoms with Gasteiger partial charge in [-0.15, -0.1) is 24.0 Å². The van der Waals surface area contributed by atoms with Crippen molar-refractivity contribution in [3.8, 4) is 0 Å². The first-order valence-electron chi connectivity index (χ1n) is 11.3. The molecular weight excluding hydrogens is 531 g/mol. The molecule has 1 saturated heterocycles. The summed E-state index contributed by atoms with van der Waals surface area (Å²) in [5.74, 6) is 1.72. The van der Waals surface area contributed by atoms with Gasteiger partial charge in [0.15, 0.2) is 5.96 Å². The first-order chi connectivity index (χ1) is 15.7. The lowest BCUT2D eigenvalue weighted by molar-refractivity contribution is -0.131. The number of nitrogens with one attached hydrogen (secondary N) is 2. The fraction of sp³-hybridized carbons (Fsp3) is 0.458. The number of nitrogens with zero attached hydrogens (tertiary/aromatic N) is 4. The Morgan fingerprint density at radius 3 is 2.45 bits per heavy atom. The summed E-state index contributed by atoms with van der Waals surface area (Å²) >= 11 is 0. The Hall–Kier alpha value is -2.40. The Labute approximate surface area is 213 Å². The van der Waals surface area contributed by atoms with Crippen LogP contribution in [0.25, 0.3) is 0 Å². The van der Waals surface area contributed by atoms with Gasteiger partial charge in [-0.05, 0) is 24.6 Å². The van der Waals surface area contributed by atoms with Crippen molar-refractivity contribution in [1.82, 2.24) is 20.5 Å². The molecule has 9 heteroatoms. The van der Waals surface area contributed by atoms with Gasteiger partial charge >= 0.3 is 0 Å². The van der Waals surface area contributed by atoms with Crippen molar-refractivity contribution in [2.24, 2.45) is 4.99 Å². The number of hydrogen-bond donors (Lipinski definition) is 3. The van der Waals surface area contributed by atoms with Gasteiger partial charge in [-0.2, -0.15) is 0 Å². The van der Waals surface area contributed by atoms with Crippen molar-refractivity contribution in [3.63, 3.8) is 0 Å². The van der Waals surface area contributed by atoms with Crippen molar-refractivity contribution >= 4 is 41.7 Å². The minimum Gasteiger partial charge on any atom is -0.396 e. The Balaban J connectivity index is 0.00000385. The van der Waals surface area contributed by atoms with Crippen LogP contribution in [0.3, 0.4) is 0 Å². The maximum absolute atomic E-state index is 12.6. The van der Waals surface area contributed by atoms with Gasteiger partial charge in [-0.3, -0.25) is 9.79 Å². The number of benzene rings is 1. The van der Waals surface area contributed by atoms with Crippen LogP contribution >= 0.6 is 24.0 Å². The van der Waals surface area contributed by atoms with Crippen molar-refractivity contribution < 1.29 is 9.90 Å². The fourth-order valence-electron chi connectivity index (χ4n) is 3.71. The van der Waals surface area contributed by atoms with Crippen molar-refractivity contribution in [2.45, 2.75) is 19.3 Å². The molecule has 1 fully saturated rings. The molecule has 1 aliphatic rings. The summed E-state index contributed by atoms with van der Waals surface area (Å²) in [6, 6.07) is 15.8. The topological polar surface area (TPSA) is 93.1 Å². The Morgan fingerprint density at radius 1 is 1.09 bits per heavy atom. The molecule has 0 aliphatic carbocycles. The molecule has 0 spiro atoms. The monoisotopic (exact) mass is 566 g/mol. The fourth-order valence-corrected chi connectivity index (χ4v) is 3.71. The van der Waals surface area contributed by atoms with E-state index in [1.807, 2.05) is 60.4 Å². The summed E-state index contributed by atoms with van der Waals surface area (Å²) < 4.78 is 0. The molecule has 2 heterocycles. The number of hydrogen-bond acceptors (Lipinski definition) is 5. The number of aliphatic imine (C=N–C) groups is 1. The molecule has 0 radical (unpaired) electrons. The number of rotatable bonds is 9. The lowest BCUT2D eigenvalue weighted by Crippen LogP contribution is -2.49. The normalized spacial score (nSPS) is 14.9. The minimum absolute atomic E-state index is 0. The van der Waals surface area contributed by atoms with Gasteiger partial charge in [-0.25, -0.2) is 4.98 Å². The Kier molecular flexibility index (Phi) is 12.0. The predicted molar refractivity (Wildman–Crippen MR) is 143 cm³/mol. The third-order valence-corrected chi connectivity index (χ3v) is 5.54. The van der Waals surface area contributed by atoms with Gasteiger partial charge in [0, 0.05) is 57.8 Å². The van der Waals surface area contributed by atoms with E-state index in [-0.39, 0.29) is 42.4 Å². The van der Waals surface area contributed by atoms with Crippen LogP contribution in [0, 0.1) is 0 Å². The standard InChI is InChI=1S/C24H34N6O2.HI/c1-2-25-24(28-18-21(19-31)20-8-4-3-5-9-20)27-13-11-23(32)30-16-14-29(15-17-30)22-10-6-7-12-26-22;/h3-10,12,21,31H,2,11,13-19H2,1H3,(H2,25,27,28);1H. The number of piperazine rings is 1. The number of halogens is 1. The van der Waals surface area contributed by atoms with Crippen LogP contribution in [-0.4, -0.2) is 79.3 Å². The molecule has 1 atom stereocenters. The molecule has 1 amide bonds. The third-order valence-electron chi connectivity index (χ3n) is 5.54. The lowest BCUT2D eigenvalue weighted by atomic mass is 10.0. The highest BCUT2D eigenvalue weighted by Crippen LogP contribution is 2.15. The highest BCUT2D eigenvalue weighted by atomic mass is 127. The largest absolute Gasteiger partial charge is 0.396 e. The summed E-state index contributed by atoms with van der Waals surface area (Å²) in [5, 5.41) is 16.2. The quantitative estimate of drug-likeness (QED) is 0.245. The number of carbonyl (C=O) groups excluding carboxylic acids is 1. The molecular formula is C24H35IN6O2. The average Bonchev–Trinajstić information content (AvgIpc) is 2.85. The summed E-state index contributed by atoms with van der Waals surface area (Å²) in [6.45, 7) is 6.76. The molecule has 1 unspecified atom stereocenters. The lowest BCUT2D eigenvalue weighted by Gasteiger charge is -2.35. The first kappa shape index (κ1) is 26.8. The second-order valence-corrected chi connectivity index (χ2v) is 7.74. The van der Waals surface area contributed by atoms with E-state index < -0.39 is 0 Å². The molecule has 2 aromatic rings. The van der Waals surface area contributed by atoms with Crippen LogP contribution in [0.15, 0.2) is 59.7 Å². The molecule has 3 rings (SSSR count). The van der Waals surface area contributed by atoms with Crippen LogP contribution in [-0.2, 0) is 4.79 Å². The average molecular weight is 566 g/mol. The highest BCUT2D eigenvalue weighted by Gasteiger charge is 2.21. The van der Waals surface area contributed by atoms with Gasteiger partial charge in [0.05, 0.1) is 13.2 Å². The van der Waals surface area contributed by atoms with Gasteiger partial charge in [0.25, 0.3) is 0 Å².